The lowest BCUT2D eigenvalue weighted by atomic mass is 9.99. The summed E-state index contributed by atoms with van der Waals surface area (Å²) in [5, 5.41) is 4.53. The van der Waals surface area contributed by atoms with Crippen LogP contribution in [-0.4, -0.2) is 32.9 Å². The first-order valence-electron chi connectivity index (χ1n) is 10.3. The first-order chi connectivity index (χ1) is 14.5. The van der Waals surface area contributed by atoms with Crippen LogP contribution in [0, 0.1) is 5.92 Å². The Morgan fingerprint density at radius 2 is 2.10 bits per heavy atom. The Hall–Kier alpha value is -3.35. The second-order valence-corrected chi connectivity index (χ2v) is 7.93. The molecule has 3 heterocycles. The van der Waals surface area contributed by atoms with E-state index in [1.165, 1.54) is 17.5 Å². The van der Waals surface area contributed by atoms with Crippen LogP contribution in [0.1, 0.15) is 31.9 Å². The van der Waals surface area contributed by atoms with Crippen LogP contribution in [-0.2, 0) is 13.0 Å². The molecule has 1 aromatic carbocycles. The van der Waals surface area contributed by atoms with Crippen molar-refractivity contribution in [3.05, 3.63) is 54.6 Å². The van der Waals surface area contributed by atoms with Crippen LogP contribution in [0.2, 0.25) is 0 Å². The predicted molar refractivity (Wildman–Crippen MR) is 120 cm³/mol. The number of aryl methyl sites for hydroxylation is 1. The van der Waals surface area contributed by atoms with Gasteiger partial charge in [-0.25, -0.2) is 9.97 Å². The predicted octanol–water partition coefficient (Wildman–Crippen LogP) is 4.01. The Morgan fingerprint density at radius 3 is 2.87 bits per heavy atom. The quantitative estimate of drug-likeness (QED) is 0.692. The van der Waals surface area contributed by atoms with E-state index in [-0.39, 0.29) is 0 Å². The van der Waals surface area contributed by atoms with Gasteiger partial charge in [0, 0.05) is 24.0 Å². The number of hydrogen-bond acceptors (Lipinski definition) is 6. The molecule has 30 heavy (non-hydrogen) atoms. The fraction of sp³-hybridized carbons (Fsp3) is 0.348. The highest BCUT2D eigenvalue weighted by Gasteiger charge is 2.24. The summed E-state index contributed by atoms with van der Waals surface area (Å²) in [5.74, 6) is 1.42. The molecule has 0 saturated heterocycles. The molecule has 0 aliphatic carbocycles. The second kappa shape index (κ2) is 8.18. The molecule has 1 aliphatic heterocycles. The first kappa shape index (κ1) is 19.9. The molecule has 3 aromatic rings. The number of ether oxygens (including phenoxy) is 1. The number of nitrogens with zero attached hydrogens (tertiary/aromatic N) is 5. The number of fused-ring (bicyclic) bond motifs is 1. The summed E-state index contributed by atoms with van der Waals surface area (Å²) < 4.78 is 7.81. The maximum Gasteiger partial charge on any atom is 0.228 e. The lowest BCUT2D eigenvalue weighted by Gasteiger charge is -2.25. The van der Waals surface area contributed by atoms with E-state index in [0.29, 0.717) is 36.3 Å². The molecule has 7 nitrogen and oxygen atoms in total. The number of rotatable bonds is 5. The van der Waals surface area contributed by atoms with E-state index in [9.17, 15) is 0 Å². The normalized spacial score (nSPS) is 13.9. The topological polar surface area (TPSA) is 82.1 Å². The van der Waals surface area contributed by atoms with Crippen molar-refractivity contribution in [2.45, 2.75) is 33.7 Å². The standard InChI is InChI=1S/C23H28N6O/c1-5-17-10-19(6-7-20(17)18-11-27-28(13-18)12-15(2)3)29-8-9-30-23-21(16(29)4)22(24)25-14-26-23/h6-7,10-11,13-15H,4-5,8-9,12H2,1-3H3,(H2,24,25,26). The molecule has 2 aromatic heterocycles. The Morgan fingerprint density at radius 1 is 1.27 bits per heavy atom. The number of nitrogens with two attached hydrogens (primary N) is 1. The van der Waals surface area contributed by atoms with E-state index < -0.39 is 0 Å². The Balaban J connectivity index is 1.68. The molecular formula is C23H28N6O. The minimum atomic E-state index is 0.377. The fourth-order valence-corrected chi connectivity index (χ4v) is 3.85. The summed E-state index contributed by atoms with van der Waals surface area (Å²) in [6.07, 6.45) is 6.41. The van der Waals surface area contributed by atoms with Gasteiger partial charge in [0.25, 0.3) is 0 Å². The number of hydrogen-bond donors (Lipinski definition) is 1. The molecule has 1 aliphatic rings. The third-order valence-electron chi connectivity index (χ3n) is 5.29. The highest BCUT2D eigenvalue weighted by Crippen LogP contribution is 2.36. The zero-order valence-electron chi connectivity index (χ0n) is 17.8. The van der Waals surface area contributed by atoms with Crippen LogP contribution in [0.25, 0.3) is 16.8 Å². The molecule has 0 atom stereocenters. The number of nitrogen functional groups attached to an aromatic ring is 1. The van der Waals surface area contributed by atoms with E-state index >= 15 is 0 Å². The molecule has 7 heteroatoms. The molecular weight excluding hydrogens is 376 g/mol. The van der Waals surface area contributed by atoms with Gasteiger partial charge < -0.3 is 15.4 Å². The number of benzene rings is 1. The van der Waals surface area contributed by atoms with Crippen LogP contribution in [0.5, 0.6) is 5.88 Å². The van der Waals surface area contributed by atoms with E-state index in [1.54, 1.807) is 0 Å². The molecule has 0 radical (unpaired) electrons. The molecule has 0 unspecified atom stereocenters. The molecule has 0 amide bonds. The summed E-state index contributed by atoms with van der Waals surface area (Å²) in [4.78, 5) is 10.5. The average Bonchev–Trinajstić information content (AvgIpc) is 3.10. The SMILES string of the molecule is C=C1c2c(N)ncnc2OCCN1c1ccc(-c2cnn(CC(C)C)c2)c(CC)c1. The van der Waals surface area contributed by atoms with Gasteiger partial charge in [-0.2, -0.15) is 5.10 Å². The molecule has 0 fully saturated rings. The van der Waals surface area contributed by atoms with Gasteiger partial charge in [0.2, 0.25) is 5.88 Å². The Bertz CT molecular complexity index is 1070. The van der Waals surface area contributed by atoms with Crippen molar-refractivity contribution < 1.29 is 4.74 Å². The smallest absolute Gasteiger partial charge is 0.228 e. The molecule has 0 bridgehead atoms. The fourth-order valence-electron chi connectivity index (χ4n) is 3.85. The van der Waals surface area contributed by atoms with Crippen molar-refractivity contribution in [3.8, 4) is 17.0 Å². The van der Waals surface area contributed by atoms with Gasteiger partial charge in [0.15, 0.2) is 0 Å². The number of aromatic nitrogens is 4. The van der Waals surface area contributed by atoms with E-state index in [0.717, 1.165) is 29.9 Å². The van der Waals surface area contributed by atoms with Crippen molar-refractivity contribution in [3.63, 3.8) is 0 Å². The Kier molecular flexibility index (Phi) is 5.44. The van der Waals surface area contributed by atoms with Gasteiger partial charge in [0.1, 0.15) is 24.3 Å². The minimum Gasteiger partial charge on any atom is -0.475 e. The Labute approximate surface area is 177 Å². The maximum atomic E-state index is 6.11. The van der Waals surface area contributed by atoms with Gasteiger partial charge in [-0.15, -0.1) is 0 Å². The maximum absolute atomic E-state index is 6.11. The van der Waals surface area contributed by atoms with Gasteiger partial charge in [-0.3, -0.25) is 4.68 Å². The third-order valence-corrected chi connectivity index (χ3v) is 5.29. The largest absolute Gasteiger partial charge is 0.475 e. The van der Waals surface area contributed by atoms with E-state index in [1.807, 2.05) is 10.9 Å². The van der Waals surface area contributed by atoms with Crippen LogP contribution >= 0.6 is 0 Å². The second-order valence-electron chi connectivity index (χ2n) is 7.93. The van der Waals surface area contributed by atoms with Crippen LogP contribution in [0.15, 0.2) is 43.5 Å². The van der Waals surface area contributed by atoms with Crippen LogP contribution in [0.4, 0.5) is 11.5 Å². The van der Waals surface area contributed by atoms with Crippen molar-refractivity contribution in [2.75, 3.05) is 23.8 Å². The summed E-state index contributed by atoms with van der Waals surface area (Å²) in [5.41, 5.74) is 12.2. The average molecular weight is 405 g/mol. The van der Waals surface area contributed by atoms with E-state index in [2.05, 4.69) is 71.7 Å². The lowest BCUT2D eigenvalue weighted by Crippen LogP contribution is -2.24. The van der Waals surface area contributed by atoms with Gasteiger partial charge >= 0.3 is 0 Å². The highest BCUT2D eigenvalue weighted by molar-refractivity contribution is 5.85. The molecule has 4 rings (SSSR count). The van der Waals surface area contributed by atoms with Crippen molar-refractivity contribution in [1.29, 1.82) is 0 Å². The highest BCUT2D eigenvalue weighted by atomic mass is 16.5. The van der Waals surface area contributed by atoms with Gasteiger partial charge in [-0.1, -0.05) is 33.4 Å². The summed E-state index contributed by atoms with van der Waals surface area (Å²) in [6.45, 7) is 12.9. The third kappa shape index (κ3) is 3.75. The summed E-state index contributed by atoms with van der Waals surface area (Å²) >= 11 is 0. The molecule has 156 valence electrons. The lowest BCUT2D eigenvalue weighted by molar-refractivity contribution is 0.319. The summed E-state index contributed by atoms with van der Waals surface area (Å²) in [6, 6.07) is 6.49. The molecule has 0 spiro atoms. The van der Waals surface area contributed by atoms with E-state index in [4.69, 9.17) is 10.5 Å². The van der Waals surface area contributed by atoms with Crippen LogP contribution < -0.4 is 15.4 Å². The zero-order valence-corrected chi connectivity index (χ0v) is 17.8. The van der Waals surface area contributed by atoms with Crippen molar-refractivity contribution >= 4 is 17.2 Å². The van der Waals surface area contributed by atoms with Gasteiger partial charge in [0.05, 0.1) is 18.4 Å². The zero-order chi connectivity index (χ0) is 21.3. The first-order valence-corrected chi connectivity index (χ1v) is 10.3. The van der Waals surface area contributed by atoms with Crippen LogP contribution in [0.3, 0.4) is 0 Å². The van der Waals surface area contributed by atoms with Gasteiger partial charge in [-0.05, 0) is 35.6 Å². The van der Waals surface area contributed by atoms with Crippen molar-refractivity contribution in [2.24, 2.45) is 5.92 Å². The number of anilines is 2. The minimum absolute atomic E-state index is 0.377. The molecule has 0 saturated carbocycles. The van der Waals surface area contributed by atoms with Crippen molar-refractivity contribution in [1.82, 2.24) is 19.7 Å². The monoisotopic (exact) mass is 404 g/mol. The summed E-state index contributed by atoms with van der Waals surface area (Å²) in [7, 11) is 0. The molecule has 2 N–H and O–H groups in total.